The number of fused-ring (bicyclic) bond motifs is 1. The largest absolute Gasteiger partial charge is 0.332 e. The van der Waals surface area contributed by atoms with E-state index < -0.39 is 0 Å². The van der Waals surface area contributed by atoms with Crippen LogP contribution in [0.15, 0.2) is 36.4 Å². The predicted molar refractivity (Wildman–Crippen MR) is 89.6 cm³/mol. The average molecular weight is 328 g/mol. The van der Waals surface area contributed by atoms with Crippen molar-refractivity contribution in [3.8, 4) is 0 Å². The molecule has 1 aromatic carbocycles. The molecule has 21 heavy (non-hydrogen) atoms. The van der Waals surface area contributed by atoms with E-state index in [0.717, 1.165) is 30.5 Å². The molecule has 1 fully saturated rings. The molecule has 0 unspecified atom stereocenters. The summed E-state index contributed by atoms with van der Waals surface area (Å²) in [5.74, 6) is 0.0275. The highest BCUT2D eigenvalue weighted by Crippen LogP contribution is 2.14. The van der Waals surface area contributed by atoms with E-state index in [1.807, 2.05) is 41.3 Å². The smallest absolute Gasteiger partial charge is 0.272 e. The summed E-state index contributed by atoms with van der Waals surface area (Å²) in [6.45, 7) is 4.50. The lowest BCUT2D eigenvalue weighted by Crippen LogP contribution is -2.52. The van der Waals surface area contributed by atoms with Gasteiger partial charge >= 0.3 is 0 Å². The normalized spacial score (nSPS) is 17.8. The van der Waals surface area contributed by atoms with Crippen LogP contribution in [0.4, 0.5) is 0 Å². The number of hydrogen-bond donors (Lipinski definition) is 1. The van der Waals surface area contributed by atoms with Crippen LogP contribution in [0.25, 0.3) is 10.9 Å². The first-order valence-corrected chi connectivity index (χ1v) is 6.63. The predicted octanol–water partition coefficient (Wildman–Crippen LogP) is 2.51. The number of pyridine rings is 1. The van der Waals surface area contributed by atoms with Gasteiger partial charge in [0.25, 0.3) is 5.91 Å². The number of rotatable bonds is 1. The van der Waals surface area contributed by atoms with Gasteiger partial charge in [0.2, 0.25) is 0 Å². The van der Waals surface area contributed by atoms with E-state index in [2.05, 4.69) is 17.2 Å². The fourth-order valence-electron chi connectivity index (χ4n) is 2.48. The second-order valence-electron chi connectivity index (χ2n) is 4.94. The lowest BCUT2D eigenvalue weighted by Gasteiger charge is -2.33. The molecule has 6 heteroatoms. The Labute approximate surface area is 136 Å². The van der Waals surface area contributed by atoms with Crippen molar-refractivity contribution < 1.29 is 4.79 Å². The van der Waals surface area contributed by atoms with Gasteiger partial charge in [-0.15, -0.1) is 24.8 Å². The minimum Gasteiger partial charge on any atom is -0.332 e. The van der Waals surface area contributed by atoms with Gasteiger partial charge in [-0.3, -0.25) is 4.79 Å². The lowest BCUT2D eigenvalue weighted by atomic mass is 10.1. The Balaban J connectivity index is 0.00000110. The highest BCUT2D eigenvalue weighted by atomic mass is 35.5. The fourth-order valence-corrected chi connectivity index (χ4v) is 2.48. The van der Waals surface area contributed by atoms with Crippen LogP contribution in [0.2, 0.25) is 0 Å². The number of nitrogens with zero attached hydrogens (tertiary/aromatic N) is 2. The minimum absolute atomic E-state index is 0. The van der Waals surface area contributed by atoms with Gasteiger partial charge in [-0.25, -0.2) is 4.98 Å². The second-order valence-corrected chi connectivity index (χ2v) is 4.94. The lowest BCUT2D eigenvalue weighted by molar-refractivity contribution is 0.0650. The highest BCUT2D eigenvalue weighted by molar-refractivity contribution is 5.95. The number of para-hydroxylation sites is 1. The first-order valence-electron chi connectivity index (χ1n) is 6.63. The maximum Gasteiger partial charge on any atom is 0.272 e. The molecular formula is C15H19Cl2N3O. The van der Waals surface area contributed by atoms with Gasteiger partial charge in [-0.05, 0) is 19.1 Å². The van der Waals surface area contributed by atoms with E-state index in [0.29, 0.717) is 5.69 Å². The molecule has 4 nitrogen and oxygen atoms in total. The first-order chi connectivity index (χ1) is 9.25. The van der Waals surface area contributed by atoms with Crippen LogP contribution in [-0.4, -0.2) is 41.5 Å². The van der Waals surface area contributed by atoms with Gasteiger partial charge < -0.3 is 10.2 Å². The Morgan fingerprint density at radius 1 is 1.24 bits per heavy atom. The summed E-state index contributed by atoms with van der Waals surface area (Å²) in [7, 11) is 0. The molecule has 1 saturated heterocycles. The zero-order chi connectivity index (χ0) is 13.2. The molecule has 114 valence electrons. The molecule has 3 rings (SSSR count). The summed E-state index contributed by atoms with van der Waals surface area (Å²) in [4.78, 5) is 18.9. The zero-order valence-electron chi connectivity index (χ0n) is 11.8. The third kappa shape index (κ3) is 3.64. The standard InChI is InChI=1S/C15H17N3O.2ClH/c1-11-10-16-8-9-18(11)15(19)14-7-6-12-4-2-3-5-13(12)17-14;;/h2-7,11,16H,8-10H2,1H3;2*1H/t11-;;/m1../s1. The van der Waals surface area contributed by atoms with Gasteiger partial charge in [-0.1, -0.05) is 24.3 Å². The SMILES string of the molecule is C[C@@H]1CNCCN1C(=O)c1ccc2ccccc2n1.Cl.Cl. The molecule has 1 aliphatic rings. The van der Waals surface area contributed by atoms with Gasteiger partial charge in [0.05, 0.1) is 5.52 Å². The van der Waals surface area contributed by atoms with Gasteiger partial charge in [0.1, 0.15) is 5.69 Å². The molecule has 0 aliphatic carbocycles. The number of carbonyl (C=O) groups is 1. The van der Waals surface area contributed by atoms with Crippen LogP contribution >= 0.6 is 24.8 Å². The number of carbonyl (C=O) groups excluding carboxylic acids is 1. The highest BCUT2D eigenvalue weighted by Gasteiger charge is 2.24. The summed E-state index contributed by atoms with van der Waals surface area (Å²) < 4.78 is 0. The average Bonchev–Trinajstić information content (AvgIpc) is 2.46. The monoisotopic (exact) mass is 327 g/mol. The number of aromatic nitrogens is 1. The fraction of sp³-hybridized carbons (Fsp3) is 0.333. The Morgan fingerprint density at radius 2 is 2.00 bits per heavy atom. The number of nitrogens with one attached hydrogen (secondary N) is 1. The zero-order valence-corrected chi connectivity index (χ0v) is 13.4. The van der Waals surface area contributed by atoms with E-state index in [-0.39, 0.29) is 36.8 Å². The minimum atomic E-state index is 0. The van der Waals surface area contributed by atoms with E-state index in [1.54, 1.807) is 0 Å². The van der Waals surface area contributed by atoms with Crippen LogP contribution in [0.3, 0.4) is 0 Å². The number of amides is 1. The van der Waals surface area contributed by atoms with E-state index >= 15 is 0 Å². The van der Waals surface area contributed by atoms with Gasteiger partial charge in [-0.2, -0.15) is 0 Å². The molecular weight excluding hydrogens is 309 g/mol. The van der Waals surface area contributed by atoms with Gasteiger partial charge in [0.15, 0.2) is 0 Å². The summed E-state index contributed by atoms with van der Waals surface area (Å²) in [5.41, 5.74) is 1.41. The Bertz CT molecular complexity index is 621. The van der Waals surface area contributed by atoms with Crippen LogP contribution in [0, 0.1) is 0 Å². The molecule has 1 amide bonds. The van der Waals surface area contributed by atoms with Crippen molar-refractivity contribution in [2.24, 2.45) is 0 Å². The molecule has 0 bridgehead atoms. The quantitative estimate of drug-likeness (QED) is 0.875. The van der Waals surface area contributed by atoms with Gasteiger partial charge in [0, 0.05) is 31.1 Å². The molecule has 0 saturated carbocycles. The number of piperazine rings is 1. The third-order valence-corrected chi connectivity index (χ3v) is 3.58. The summed E-state index contributed by atoms with van der Waals surface area (Å²) in [6.07, 6.45) is 0. The molecule has 1 aromatic heterocycles. The van der Waals surface area contributed by atoms with Crippen molar-refractivity contribution >= 4 is 41.6 Å². The molecule has 0 radical (unpaired) electrons. The van der Waals surface area contributed by atoms with E-state index in [4.69, 9.17) is 0 Å². The maximum atomic E-state index is 12.5. The van der Waals surface area contributed by atoms with Crippen molar-refractivity contribution in [3.63, 3.8) is 0 Å². The van der Waals surface area contributed by atoms with Crippen molar-refractivity contribution in [3.05, 3.63) is 42.1 Å². The molecule has 2 aromatic rings. The van der Waals surface area contributed by atoms with Crippen molar-refractivity contribution in [2.75, 3.05) is 19.6 Å². The van der Waals surface area contributed by atoms with Crippen LogP contribution in [-0.2, 0) is 0 Å². The Morgan fingerprint density at radius 3 is 2.76 bits per heavy atom. The summed E-state index contributed by atoms with van der Waals surface area (Å²) >= 11 is 0. The van der Waals surface area contributed by atoms with Crippen molar-refractivity contribution in [1.82, 2.24) is 15.2 Å². The topological polar surface area (TPSA) is 45.2 Å². The summed E-state index contributed by atoms with van der Waals surface area (Å²) in [6, 6.07) is 11.9. The molecule has 1 N–H and O–H groups in total. The second kappa shape index (κ2) is 7.59. The number of hydrogen-bond acceptors (Lipinski definition) is 3. The third-order valence-electron chi connectivity index (χ3n) is 3.58. The van der Waals surface area contributed by atoms with Crippen LogP contribution in [0.1, 0.15) is 17.4 Å². The molecule has 2 heterocycles. The maximum absolute atomic E-state index is 12.5. The van der Waals surface area contributed by atoms with Crippen molar-refractivity contribution in [1.29, 1.82) is 0 Å². The Kier molecular flexibility index (Phi) is 6.40. The molecule has 1 aliphatic heterocycles. The summed E-state index contributed by atoms with van der Waals surface area (Å²) in [5, 5.41) is 4.35. The van der Waals surface area contributed by atoms with Crippen LogP contribution in [0.5, 0.6) is 0 Å². The van der Waals surface area contributed by atoms with Crippen LogP contribution < -0.4 is 5.32 Å². The van der Waals surface area contributed by atoms with Crippen molar-refractivity contribution in [2.45, 2.75) is 13.0 Å². The Hall–Kier alpha value is -1.36. The van der Waals surface area contributed by atoms with E-state index in [9.17, 15) is 4.79 Å². The molecule has 1 atom stereocenters. The first kappa shape index (κ1) is 17.7. The molecule has 0 spiro atoms. The number of benzene rings is 1. The van der Waals surface area contributed by atoms with E-state index in [1.165, 1.54) is 0 Å². The number of halogens is 2.